The first-order chi connectivity index (χ1) is 14.9. The second kappa shape index (κ2) is 11.9. The smallest absolute Gasteiger partial charge is 0.290 e. The maximum absolute atomic E-state index is 8.36. The van der Waals surface area contributed by atoms with Gasteiger partial charge in [0, 0.05) is 29.7 Å². The number of hydrogen-bond acceptors (Lipinski definition) is 4. The van der Waals surface area contributed by atoms with Gasteiger partial charge in [0.15, 0.2) is 0 Å². The average molecular weight is 483 g/mol. The molecule has 6 nitrogen and oxygen atoms in total. The monoisotopic (exact) mass is 482 g/mol. The average Bonchev–Trinajstić information content (AvgIpc) is 3.18. The molecule has 0 aliphatic rings. The van der Waals surface area contributed by atoms with E-state index >= 15 is 0 Å². The number of allylic oxidation sites excluding steroid dienone is 4. The van der Waals surface area contributed by atoms with Crippen LogP contribution in [0.5, 0.6) is 0 Å². The molecule has 3 rings (SSSR count). The third-order valence-electron chi connectivity index (χ3n) is 4.64. The zero-order valence-corrected chi connectivity index (χ0v) is 19.7. The lowest BCUT2D eigenvalue weighted by molar-refractivity contribution is -0.122. The fraction of sp³-hybridized carbons (Fsp3) is 0.208. The Morgan fingerprint density at radius 2 is 2.00 bits per heavy atom. The minimum Gasteiger partial charge on any atom is -0.483 e. The Kier molecular flexibility index (Phi) is 9.21. The Hall–Kier alpha value is -3.19. The van der Waals surface area contributed by atoms with Crippen LogP contribution in [0, 0.1) is 0 Å². The van der Waals surface area contributed by atoms with Gasteiger partial charge in [-0.3, -0.25) is 9.78 Å². The van der Waals surface area contributed by atoms with Gasteiger partial charge in [0.25, 0.3) is 6.47 Å². The van der Waals surface area contributed by atoms with Gasteiger partial charge in [-0.2, -0.15) is 5.10 Å². The highest BCUT2D eigenvalue weighted by Gasteiger charge is 2.14. The third-order valence-corrected chi connectivity index (χ3v) is 5.25. The molecule has 0 radical (unpaired) electrons. The molecule has 0 atom stereocenters. The minimum absolute atomic E-state index is 0.250. The van der Waals surface area contributed by atoms with Gasteiger partial charge in [-0.15, -0.1) is 0 Å². The lowest BCUT2D eigenvalue weighted by Crippen LogP contribution is -2.06. The van der Waals surface area contributed by atoms with E-state index in [-0.39, 0.29) is 6.47 Å². The topological polar surface area (TPSA) is 80.0 Å². The number of pyridine rings is 1. The van der Waals surface area contributed by atoms with Gasteiger partial charge in [-0.25, -0.2) is 4.68 Å². The van der Waals surface area contributed by atoms with Crippen LogP contribution in [0.2, 0.25) is 0 Å². The van der Waals surface area contributed by atoms with Crippen molar-refractivity contribution in [3.8, 4) is 16.9 Å². The summed E-state index contributed by atoms with van der Waals surface area (Å²) in [5.74, 6) is 0.908. The van der Waals surface area contributed by atoms with Crippen LogP contribution < -0.4 is 5.32 Å². The molecule has 0 aliphatic carbocycles. The summed E-state index contributed by atoms with van der Waals surface area (Å²) in [4.78, 5) is 12.5. The molecule has 1 aromatic carbocycles. The van der Waals surface area contributed by atoms with Gasteiger partial charge in [-0.1, -0.05) is 37.3 Å². The predicted octanol–water partition coefficient (Wildman–Crippen LogP) is 6.24. The van der Waals surface area contributed by atoms with Crippen molar-refractivity contribution in [1.29, 1.82) is 0 Å². The number of carboxylic acid groups (broad SMARTS) is 1. The van der Waals surface area contributed by atoms with E-state index in [2.05, 4.69) is 83.4 Å². The van der Waals surface area contributed by atoms with Crippen LogP contribution in [0.25, 0.3) is 16.9 Å². The standard InChI is InChI=1S/C23H25BrN4.CH2O2/c1-5-8-16(3)17(4)26-23-14-21(19-10-7-9-18(6-2)13-19)27-28(23)22-11-12-25-15-20(22)24;2-1-3/h5,7-15,26H,6H2,1-4H3;1H,(H,2,3)/b8-5-,17-16+;. The molecule has 2 N–H and O–H groups in total. The first kappa shape index (κ1) is 24.1. The Labute approximate surface area is 191 Å². The van der Waals surface area contributed by atoms with Crippen molar-refractivity contribution in [2.24, 2.45) is 0 Å². The number of aryl methyl sites for hydroxylation is 1. The first-order valence-electron chi connectivity index (χ1n) is 9.89. The van der Waals surface area contributed by atoms with Gasteiger partial charge < -0.3 is 10.4 Å². The molecule has 0 spiro atoms. The van der Waals surface area contributed by atoms with Gasteiger partial charge in [0.05, 0.1) is 15.9 Å². The summed E-state index contributed by atoms with van der Waals surface area (Å²) >= 11 is 3.60. The van der Waals surface area contributed by atoms with Crippen molar-refractivity contribution in [1.82, 2.24) is 14.8 Å². The van der Waals surface area contributed by atoms with E-state index in [1.165, 1.54) is 11.1 Å². The zero-order valence-electron chi connectivity index (χ0n) is 18.1. The number of nitrogens with one attached hydrogen (secondary N) is 1. The fourth-order valence-electron chi connectivity index (χ4n) is 2.95. The number of aromatic nitrogens is 3. The van der Waals surface area contributed by atoms with E-state index in [0.717, 1.165) is 39.4 Å². The molecule has 0 unspecified atom stereocenters. The summed E-state index contributed by atoms with van der Waals surface area (Å²) in [5, 5.41) is 15.3. The number of halogens is 1. The molecular formula is C24H27BrN4O2. The maximum atomic E-state index is 8.36. The molecule has 3 aromatic rings. The van der Waals surface area contributed by atoms with Crippen LogP contribution in [-0.2, 0) is 11.2 Å². The normalized spacial score (nSPS) is 11.5. The molecular weight excluding hydrogens is 456 g/mol. The van der Waals surface area contributed by atoms with Crippen molar-refractivity contribution in [3.05, 3.63) is 82.3 Å². The summed E-state index contributed by atoms with van der Waals surface area (Å²) in [6.45, 7) is 8.10. The summed E-state index contributed by atoms with van der Waals surface area (Å²) in [5.41, 5.74) is 6.53. The lowest BCUT2D eigenvalue weighted by Gasteiger charge is -2.12. The number of nitrogens with zero attached hydrogens (tertiary/aromatic N) is 3. The Balaban J connectivity index is 0.00000107. The molecule has 0 amide bonds. The number of rotatable bonds is 6. The highest BCUT2D eigenvalue weighted by molar-refractivity contribution is 9.10. The molecule has 0 fully saturated rings. The number of hydrogen-bond donors (Lipinski definition) is 2. The SMILES string of the molecule is C/C=C\C(C)=C(/C)Nc1cc(-c2cccc(CC)c2)nn1-c1ccncc1Br.O=CO. The number of anilines is 1. The minimum atomic E-state index is -0.250. The maximum Gasteiger partial charge on any atom is 0.290 e. The molecule has 2 heterocycles. The van der Waals surface area contributed by atoms with Gasteiger partial charge in [-0.05, 0) is 66.4 Å². The van der Waals surface area contributed by atoms with E-state index < -0.39 is 0 Å². The number of carbonyl (C=O) groups is 1. The van der Waals surface area contributed by atoms with Crippen molar-refractivity contribution < 1.29 is 9.90 Å². The second-order valence-electron chi connectivity index (χ2n) is 6.75. The quantitative estimate of drug-likeness (QED) is 0.320. The van der Waals surface area contributed by atoms with Crippen LogP contribution >= 0.6 is 15.9 Å². The van der Waals surface area contributed by atoms with Crippen LogP contribution in [0.15, 0.2) is 76.7 Å². The molecule has 0 bridgehead atoms. The Morgan fingerprint density at radius 1 is 1.26 bits per heavy atom. The molecule has 0 aliphatic heterocycles. The van der Waals surface area contributed by atoms with Crippen molar-refractivity contribution >= 4 is 28.2 Å². The van der Waals surface area contributed by atoms with Crippen LogP contribution in [0.1, 0.15) is 33.3 Å². The van der Waals surface area contributed by atoms with Gasteiger partial charge in [0.1, 0.15) is 5.82 Å². The summed E-state index contributed by atoms with van der Waals surface area (Å²) < 4.78 is 2.81. The summed E-state index contributed by atoms with van der Waals surface area (Å²) in [6, 6.07) is 12.6. The van der Waals surface area contributed by atoms with E-state index in [0.29, 0.717) is 0 Å². The van der Waals surface area contributed by atoms with Crippen LogP contribution in [0.4, 0.5) is 5.82 Å². The van der Waals surface area contributed by atoms with E-state index in [9.17, 15) is 0 Å². The summed E-state index contributed by atoms with van der Waals surface area (Å²) in [7, 11) is 0. The largest absolute Gasteiger partial charge is 0.483 e. The van der Waals surface area contributed by atoms with Crippen molar-refractivity contribution in [2.75, 3.05) is 5.32 Å². The van der Waals surface area contributed by atoms with Crippen LogP contribution in [0.3, 0.4) is 0 Å². The van der Waals surface area contributed by atoms with E-state index in [4.69, 9.17) is 15.0 Å². The molecule has 0 saturated carbocycles. The van der Waals surface area contributed by atoms with E-state index in [1.54, 1.807) is 12.4 Å². The Morgan fingerprint density at radius 3 is 2.65 bits per heavy atom. The number of benzene rings is 1. The zero-order chi connectivity index (χ0) is 22.8. The molecule has 31 heavy (non-hydrogen) atoms. The highest BCUT2D eigenvalue weighted by Crippen LogP contribution is 2.29. The highest BCUT2D eigenvalue weighted by atomic mass is 79.9. The molecule has 0 saturated heterocycles. The Bertz CT molecular complexity index is 1090. The second-order valence-corrected chi connectivity index (χ2v) is 7.60. The third kappa shape index (κ3) is 6.39. The van der Waals surface area contributed by atoms with Crippen molar-refractivity contribution in [3.63, 3.8) is 0 Å². The lowest BCUT2D eigenvalue weighted by atomic mass is 10.1. The first-order valence-corrected chi connectivity index (χ1v) is 10.7. The summed E-state index contributed by atoms with van der Waals surface area (Å²) in [6.07, 6.45) is 8.69. The predicted molar refractivity (Wildman–Crippen MR) is 129 cm³/mol. The van der Waals surface area contributed by atoms with Crippen molar-refractivity contribution in [2.45, 2.75) is 34.1 Å². The van der Waals surface area contributed by atoms with Crippen LogP contribution in [-0.4, -0.2) is 26.3 Å². The molecule has 162 valence electrons. The molecule has 7 heteroatoms. The van der Waals surface area contributed by atoms with E-state index in [1.807, 2.05) is 23.7 Å². The molecule has 2 aromatic heterocycles. The van der Waals surface area contributed by atoms with Gasteiger partial charge >= 0.3 is 0 Å². The fourth-order valence-corrected chi connectivity index (χ4v) is 3.37. The van der Waals surface area contributed by atoms with Gasteiger partial charge in [0.2, 0.25) is 0 Å².